The summed E-state index contributed by atoms with van der Waals surface area (Å²) >= 11 is 0. The Hall–Kier alpha value is -1.69. The van der Waals surface area contributed by atoms with Gasteiger partial charge in [0.05, 0.1) is 7.11 Å². The van der Waals surface area contributed by atoms with Crippen LogP contribution in [0.3, 0.4) is 0 Å². The van der Waals surface area contributed by atoms with Gasteiger partial charge in [-0.05, 0) is 32.2 Å². The molecule has 1 saturated carbocycles. The molecule has 1 fully saturated rings. The van der Waals surface area contributed by atoms with Crippen LogP contribution in [0.4, 0.5) is 5.82 Å². The topological polar surface area (TPSA) is 81.3 Å². The Balaban J connectivity index is 2.27. The molecule has 0 aliphatic heterocycles. The number of hydrogen-bond donors (Lipinski definition) is 1. The second-order valence-corrected chi connectivity index (χ2v) is 5.29. The average molecular weight is 278 g/mol. The number of methoxy groups -OCH3 is 1. The van der Waals surface area contributed by atoms with Gasteiger partial charge in [0, 0.05) is 24.8 Å². The first-order valence-corrected chi connectivity index (χ1v) is 6.93. The Kier molecular flexibility index (Phi) is 4.54. The van der Waals surface area contributed by atoms with Crippen molar-refractivity contribution in [2.24, 2.45) is 11.7 Å². The molecule has 2 N–H and O–H groups in total. The maximum atomic E-state index is 11.6. The molecule has 0 saturated heterocycles. The van der Waals surface area contributed by atoms with Crippen LogP contribution in [0.1, 0.15) is 35.6 Å². The molecule has 1 aliphatic carbocycles. The molecular formula is C14H22N4O2. The van der Waals surface area contributed by atoms with E-state index in [0.717, 1.165) is 24.4 Å². The van der Waals surface area contributed by atoms with Crippen LogP contribution in [0.25, 0.3) is 0 Å². The third-order valence-corrected chi connectivity index (χ3v) is 3.99. The normalized spacial score (nSPS) is 21.8. The summed E-state index contributed by atoms with van der Waals surface area (Å²) in [6.45, 7) is 2.53. The summed E-state index contributed by atoms with van der Waals surface area (Å²) in [4.78, 5) is 22.1. The molecule has 1 aromatic heterocycles. The van der Waals surface area contributed by atoms with Crippen molar-refractivity contribution in [2.45, 2.75) is 32.2 Å². The van der Waals surface area contributed by atoms with E-state index in [1.165, 1.54) is 13.5 Å². The SMILES string of the molecule is COC(=O)c1nc(C)cc(N(C)C2CCCC2CN)n1. The maximum Gasteiger partial charge on any atom is 0.376 e. The molecule has 20 heavy (non-hydrogen) atoms. The molecule has 0 amide bonds. The maximum absolute atomic E-state index is 11.6. The van der Waals surface area contributed by atoms with Crippen molar-refractivity contribution < 1.29 is 9.53 Å². The zero-order valence-electron chi connectivity index (χ0n) is 12.3. The van der Waals surface area contributed by atoms with E-state index in [9.17, 15) is 4.79 Å². The van der Waals surface area contributed by atoms with Crippen molar-refractivity contribution >= 4 is 11.8 Å². The van der Waals surface area contributed by atoms with Gasteiger partial charge < -0.3 is 15.4 Å². The smallest absolute Gasteiger partial charge is 0.376 e. The van der Waals surface area contributed by atoms with E-state index in [1.54, 1.807) is 0 Å². The Bertz CT molecular complexity index is 492. The number of carbonyl (C=O) groups excluding carboxylic acids is 1. The molecule has 0 spiro atoms. The number of nitrogens with two attached hydrogens (primary N) is 1. The first-order valence-electron chi connectivity index (χ1n) is 6.93. The van der Waals surface area contributed by atoms with Crippen molar-refractivity contribution in [2.75, 3.05) is 25.6 Å². The fraction of sp³-hybridized carbons (Fsp3) is 0.643. The third kappa shape index (κ3) is 2.90. The number of hydrogen-bond acceptors (Lipinski definition) is 6. The summed E-state index contributed by atoms with van der Waals surface area (Å²) in [6.07, 6.45) is 3.44. The molecule has 6 heteroatoms. The third-order valence-electron chi connectivity index (χ3n) is 3.99. The van der Waals surface area contributed by atoms with Gasteiger partial charge in [-0.15, -0.1) is 0 Å². The van der Waals surface area contributed by atoms with Crippen molar-refractivity contribution in [3.05, 3.63) is 17.6 Å². The predicted octanol–water partition coefficient (Wildman–Crippen LogP) is 1.14. The largest absolute Gasteiger partial charge is 0.463 e. The fourth-order valence-corrected chi connectivity index (χ4v) is 2.89. The van der Waals surface area contributed by atoms with Crippen molar-refractivity contribution in [3.8, 4) is 0 Å². The number of anilines is 1. The van der Waals surface area contributed by atoms with Crippen LogP contribution in [0.2, 0.25) is 0 Å². The number of carbonyl (C=O) groups is 1. The van der Waals surface area contributed by atoms with Gasteiger partial charge in [0.2, 0.25) is 5.82 Å². The van der Waals surface area contributed by atoms with Crippen LogP contribution in [0, 0.1) is 12.8 Å². The first-order chi connectivity index (χ1) is 9.56. The van der Waals surface area contributed by atoms with Gasteiger partial charge in [-0.2, -0.15) is 0 Å². The molecule has 0 radical (unpaired) electrons. The molecule has 1 aliphatic rings. The number of ether oxygens (including phenoxy) is 1. The summed E-state index contributed by atoms with van der Waals surface area (Å²) in [5.74, 6) is 0.835. The molecule has 1 aromatic rings. The summed E-state index contributed by atoms with van der Waals surface area (Å²) in [5.41, 5.74) is 6.59. The Morgan fingerprint density at radius 1 is 1.50 bits per heavy atom. The quantitative estimate of drug-likeness (QED) is 0.832. The minimum absolute atomic E-state index is 0.108. The molecule has 0 bridgehead atoms. The van der Waals surface area contributed by atoms with E-state index in [0.29, 0.717) is 18.5 Å². The number of rotatable bonds is 4. The summed E-state index contributed by atoms with van der Waals surface area (Å²) in [7, 11) is 3.33. The van der Waals surface area contributed by atoms with E-state index in [4.69, 9.17) is 10.5 Å². The van der Waals surface area contributed by atoms with Gasteiger partial charge in [0.15, 0.2) is 0 Å². The van der Waals surface area contributed by atoms with Crippen LogP contribution in [0.15, 0.2) is 6.07 Å². The summed E-state index contributed by atoms with van der Waals surface area (Å²) in [6, 6.07) is 2.26. The van der Waals surface area contributed by atoms with Crippen molar-refractivity contribution in [1.29, 1.82) is 0 Å². The lowest BCUT2D eigenvalue weighted by Crippen LogP contribution is -2.38. The Morgan fingerprint density at radius 3 is 2.90 bits per heavy atom. The van der Waals surface area contributed by atoms with E-state index >= 15 is 0 Å². The standard InChI is InChI=1S/C14H22N4O2/c1-9-7-12(17-13(16-9)14(19)20-3)18(2)11-6-4-5-10(11)8-15/h7,10-11H,4-6,8,15H2,1-3H3. The lowest BCUT2D eigenvalue weighted by Gasteiger charge is -2.30. The van der Waals surface area contributed by atoms with Gasteiger partial charge in [-0.1, -0.05) is 6.42 Å². The molecule has 2 rings (SSSR count). The van der Waals surface area contributed by atoms with Gasteiger partial charge in [-0.25, -0.2) is 14.8 Å². The number of aryl methyl sites for hydroxylation is 1. The molecule has 2 atom stereocenters. The van der Waals surface area contributed by atoms with E-state index in [2.05, 4.69) is 14.9 Å². The fourth-order valence-electron chi connectivity index (χ4n) is 2.89. The molecular weight excluding hydrogens is 256 g/mol. The highest BCUT2D eigenvalue weighted by Gasteiger charge is 2.30. The summed E-state index contributed by atoms with van der Waals surface area (Å²) in [5, 5.41) is 0. The molecule has 6 nitrogen and oxygen atoms in total. The van der Waals surface area contributed by atoms with E-state index in [-0.39, 0.29) is 5.82 Å². The number of esters is 1. The van der Waals surface area contributed by atoms with E-state index in [1.807, 2.05) is 20.0 Å². The van der Waals surface area contributed by atoms with Crippen LogP contribution >= 0.6 is 0 Å². The summed E-state index contributed by atoms with van der Waals surface area (Å²) < 4.78 is 4.69. The lowest BCUT2D eigenvalue weighted by molar-refractivity contribution is 0.0586. The van der Waals surface area contributed by atoms with Gasteiger partial charge in [-0.3, -0.25) is 0 Å². The van der Waals surface area contributed by atoms with Crippen LogP contribution in [0.5, 0.6) is 0 Å². The molecule has 1 heterocycles. The molecule has 2 unspecified atom stereocenters. The highest BCUT2D eigenvalue weighted by atomic mass is 16.5. The number of aromatic nitrogens is 2. The minimum atomic E-state index is -0.509. The van der Waals surface area contributed by atoms with Crippen molar-refractivity contribution in [1.82, 2.24) is 9.97 Å². The van der Waals surface area contributed by atoms with Crippen LogP contribution in [-0.4, -0.2) is 42.7 Å². The van der Waals surface area contributed by atoms with Crippen LogP contribution in [-0.2, 0) is 4.74 Å². The monoisotopic (exact) mass is 278 g/mol. The van der Waals surface area contributed by atoms with Gasteiger partial charge in [0.1, 0.15) is 5.82 Å². The van der Waals surface area contributed by atoms with Gasteiger partial charge >= 0.3 is 5.97 Å². The van der Waals surface area contributed by atoms with Crippen LogP contribution < -0.4 is 10.6 Å². The van der Waals surface area contributed by atoms with E-state index < -0.39 is 5.97 Å². The Morgan fingerprint density at radius 2 is 2.25 bits per heavy atom. The zero-order valence-corrected chi connectivity index (χ0v) is 12.3. The molecule has 110 valence electrons. The highest BCUT2D eigenvalue weighted by Crippen LogP contribution is 2.30. The second-order valence-electron chi connectivity index (χ2n) is 5.29. The zero-order chi connectivity index (χ0) is 14.7. The molecule has 0 aromatic carbocycles. The highest BCUT2D eigenvalue weighted by molar-refractivity contribution is 5.85. The van der Waals surface area contributed by atoms with Gasteiger partial charge in [0.25, 0.3) is 0 Å². The van der Waals surface area contributed by atoms with Crippen molar-refractivity contribution in [3.63, 3.8) is 0 Å². The average Bonchev–Trinajstić information content (AvgIpc) is 2.93. The number of nitrogens with zero attached hydrogens (tertiary/aromatic N) is 3. The minimum Gasteiger partial charge on any atom is -0.463 e. The Labute approximate surface area is 119 Å². The first kappa shape index (κ1) is 14.7. The lowest BCUT2D eigenvalue weighted by atomic mass is 10.0. The second kappa shape index (κ2) is 6.17. The predicted molar refractivity (Wildman–Crippen MR) is 76.7 cm³/mol.